The highest BCUT2D eigenvalue weighted by atomic mass is 16.1. The predicted octanol–water partition coefficient (Wildman–Crippen LogP) is 0.445. The average Bonchev–Trinajstić information content (AvgIpc) is 3.06. The zero-order valence-corrected chi connectivity index (χ0v) is 10.1. The van der Waals surface area contributed by atoms with Gasteiger partial charge in [-0.1, -0.05) is 0 Å². The van der Waals surface area contributed by atoms with Crippen LogP contribution in [-0.2, 0) is 0 Å². The molecular weight excluding hydrogens is 216 g/mol. The molecule has 1 saturated carbocycles. The fourth-order valence-corrected chi connectivity index (χ4v) is 2.38. The van der Waals surface area contributed by atoms with E-state index in [0.717, 1.165) is 44.0 Å². The molecule has 5 nitrogen and oxygen atoms in total. The molecule has 0 aromatic carbocycles. The number of nitrogens with one attached hydrogen (secondary N) is 2. The highest BCUT2D eigenvalue weighted by molar-refractivity contribution is 5.40. The van der Waals surface area contributed by atoms with E-state index in [1.54, 1.807) is 6.07 Å². The first-order valence-corrected chi connectivity index (χ1v) is 6.30. The van der Waals surface area contributed by atoms with Crippen molar-refractivity contribution in [3.05, 3.63) is 22.2 Å². The fourth-order valence-electron chi connectivity index (χ4n) is 2.38. The molecule has 2 fully saturated rings. The Hall–Kier alpha value is -1.36. The topological polar surface area (TPSA) is 61.0 Å². The number of anilines is 1. The Morgan fingerprint density at radius 1 is 1.47 bits per heavy atom. The third-order valence-corrected chi connectivity index (χ3v) is 3.63. The van der Waals surface area contributed by atoms with Crippen LogP contribution in [0.5, 0.6) is 0 Å². The molecular formula is C12H18N4O. The molecule has 2 N–H and O–H groups in total. The average molecular weight is 234 g/mol. The molecule has 2 aliphatic rings. The minimum Gasteiger partial charge on any atom is -0.355 e. The van der Waals surface area contributed by atoms with Crippen LogP contribution in [0.25, 0.3) is 0 Å². The second-order valence-electron chi connectivity index (χ2n) is 4.98. The van der Waals surface area contributed by atoms with Gasteiger partial charge in [-0.2, -0.15) is 0 Å². The SMILES string of the molecule is CNC1CCN(c2cc(=O)[nH]c(C3CC3)n2)C1. The first-order chi connectivity index (χ1) is 8.26. The van der Waals surface area contributed by atoms with Crippen LogP contribution in [0.4, 0.5) is 5.82 Å². The van der Waals surface area contributed by atoms with Crippen LogP contribution < -0.4 is 15.8 Å². The quantitative estimate of drug-likeness (QED) is 0.797. The molecule has 2 heterocycles. The van der Waals surface area contributed by atoms with Gasteiger partial charge in [-0.3, -0.25) is 4.79 Å². The van der Waals surface area contributed by atoms with E-state index >= 15 is 0 Å². The lowest BCUT2D eigenvalue weighted by molar-refractivity contribution is 0.616. The lowest BCUT2D eigenvalue weighted by atomic mass is 10.3. The van der Waals surface area contributed by atoms with Crippen molar-refractivity contribution in [2.24, 2.45) is 0 Å². The second-order valence-corrected chi connectivity index (χ2v) is 4.98. The van der Waals surface area contributed by atoms with Crippen LogP contribution >= 0.6 is 0 Å². The Balaban J connectivity index is 1.85. The van der Waals surface area contributed by atoms with Crippen LogP contribution in [0.1, 0.15) is 31.0 Å². The molecule has 1 aliphatic heterocycles. The van der Waals surface area contributed by atoms with E-state index < -0.39 is 0 Å². The van der Waals surface area contributed by atoms with E-state index in [1.165, 1.54) is 0 Å². The van der Waals surface area contributed by atoms with E-state index in [2.05, 4.69) is 20.2 Å². The van der Waals surface area contributed by atoms with E-state index in [0.29, 0.717) is 12.0 Å². The number of aromatic amines is 1. The third kappa shape index (κ3) is 2.20. The molecule has 1 aromatic heterocycles. The third-order valence-electron chi connectivity index (χ3n) is 3.63. The molecule has 0 bridgehead atoms. The summed E-state index contributed by atoms with van der Waals surface area (Å²) >= 11 is 0. The van der Waals surface area contributed by atoms with Crippen molar-refractivity contribution >= 4 is 5.82 Å². The Morgan fingerprint density at radius 3 is 2.94 bits per heavy atom. The van der Waals surface area contributed by atoms with Gasteiger partial charge in [0.05, 0.1) is 0 Å². The first kappa shape index (κ1) is 10.8. The summed E-state index contributed by atoms with van der Waals surface area (Å²) in [7, 11) is 1.98. The maximum absolute atomic E-state index is 11.6. The zero-order valence-electron chi connectivity index (χ0n) is 10.1. The van der Waals surface area contributed by atoms with Crippen molar-refractivity contribution in [1.29, 1.82) is 0 Å². The molecule has 0 radical (unpaired) electrons. The van der Waals surface area contributed by atoms with Gasteiger partial charge in [0, 0.05) is 31.1 Å². The van der Waals surface area contributed by atoms with Gasteiger partial charge < -0.3 is 15.2 Å². The summed E-state index contributed by atoms with van der Waals surface area (Å²) in [5.41, 5.74) is -0.0233. The molecule has 1 atom stereocenters. The Kier molecular flexibility index (Phi) is 2.63. The van der Waals surface area contributed by atoms with E-state index in [1.807, 2.05) is 7.05 Å². The maximum Gasteiger partial charge on any atom is 0.252 e. The predicted molar refractivity (Wildman–Crippen MR) is 66.5 cm³/mol. The van der Waals surface area contributed by atoms with Crippen molar-refractivity contribution in [2.75, 3.05) is 25.0 Å². The lowest BCUT2D eigenvalue weighted by Gasteiger charge is -2.17. The summed E-state index contributed by atoms with van der Waals surface area (Å²) < 4.78 is 0. The summed E-state index contributed by atoms with van der Waals surface area (Å²) in [6, 6.07) is 2.13. The minimum absolute atomic E-state index is 0.0233. The normalized spacial score (nSPS) is 24.3. The summed E-state index contributed by atoms with van der Waals surface area (Å²) in [5, 5.41) is 3.27. The van der Waals surface area contributed by atoms with Crippen molar-refractivity contribution in [2.45, 2.75) is 31.2 Å². The van der Waals surface area contributed by atoms with Gasteiger partial charge in [0.1, 0.15) is 11.6 Å². The summed E-state index contributed by atoms with van der Waals surface area (Å²) in [6.45, 7) is 1.92. The molecule has 1 aromatic rings. The highest BCUT2D eigenvalue weighted by Crippen LogP contribution is 2.38. The molecule has 3 rings (SSSR count). The van der Waals surface area contributed by atoms with Gasteiger partial charge in [0.15, 0.2) is 0 Å². The number of nitrogens with zero attached hydrogens (tertiary/aromatic N) is 2. The van der Waals surface area contributed by atoms with Gasteiger partial charge in [-0.25, -0.2) is 4.98 Å². The number of hydrogen-bond acceptors (Lipinski definition) is 4. The molecule has 1 unspecified atom stereocenters. The van der Waals surface area contributed by atoms with E-state index in [-0.39, 0.29) is 5.56 Å². The van der Waals surface area contributed by atoms with Crippen LogP contribution in [-0.4, -0.2) is 36.1 Å². The summed E-state index contributed by atoms with van der Waals surface area (Å²) in [6.07, 6.45) is 3.43. The Labute approximate surface area is 100 Å². The van der Waals surface area contributed by atoms with Crippen molar-refractivity contribution in [3.63, 3.8) is 0 Å². The van der Waals surface area contributed by atoms with Gasteiger partial charge >= 0.3 is 0 Å². The van der Waals surface area contributed by atoms with Crippen LogP contribution in [0, 0.1) is 0 Å². The fraction of sp³-hybridized carbons (Fsp3) is 0.667. The van der Waals surface area contributed by atoms with Gasteiger partial charge in [-0.15, -0.1) is 0 Å². The lowest BCUT2D eigenvalue weighted by Crippen LogP contribution is -2.30. The van der Waals surface area contributed by atoms with E-state index in [9.17, 15) is 4.79 Å². The molecule has 92 valence electrons. The summed E-state index contributed by atoms with van der Waals surface area (Å²) in [5.74, 6) is 2.21. The van der Waals surface area contributed by atoms with Crippen LogP contribution in [0.15, 0.2) is 10.9 Å². The minimum atomic E-state index is -0.0233. The number of likely N-dealkylation sites (N-methyl/N-ethyl adjacent to an activating group) is 1. The van der Waals surface area contributed by atoms with Gasteiger partial charge in [0.2, 0.25) is 0 Å². The van der Waals surface area contributed by atoms with Gasteiger partial charge in [-0.05, 0) is 26.3 Å². The molecule has 1 aliphatic carbocycles. The van der Waals surface area contributed by atoms with Gasteiger partial charge in [0.25, 0.3) is 5.56 Å². The number of rotatable bonds is 3. The van der Waals surface area contributed by atoms with E-state index in [4.69, 9.17) is 0 Å². The first-order valence-electron chi connectivity index (χ1n) is 6.30. The summed E-state index contributed by atoms with van der Waals surface area (Å²) in [4.78, 5) is 21.2. The smallest absolute Gasteiger partial charge is 0.252 e. The number of hydrogen-bond donors (Lipinski definition) is 2. The largest absolute Gasteiger partial charge is 0.355 e. The molecule has 5 heteroatoms. The van der Waals surface area contributed by atoms with Crippen molar-refractivity contribution < 1.29 is 0 Å². The molecule has 1 saturated heterocycles. The highest BCUT2D eigenvalue weighted by Gasteiger charge is 2.28. The van der Waals surface area contributed by atoms with Crippen molar-refractivity contribution in [1.82, 2.24) is 15.3 Å². The molecule has 0 spiro atoms. The second kappa shape index (κ2) is 4.14. The Bertz CT molecular complexity index is 466. The van der Waals surface area contributed by atoms with Crippen LogP contribution in [0.2, 0.25) is 0 Å². The molecule has 0 amide bonds. The monoisotopic (exact) mass is 234 g/mol. The standard InChI is InChI=1S/C12H18N4O/c1-13-9-4-5-16(7-9)10-6-11(17)15-12(14-10)8-2-3-8/h6,8-9,13H,2-5,7H2,1H3,(H,14,15,17). The molecule has 17 heavy (non-hydrogen) atoms. The van der Waals surface area contributed by atoms with Crippen LogP contribution in [0.3, 0.4) is 0 Å². The Morgan fingerprint density at radius 2 is 2.29 bits per heavy atom. The van der Waals surface area contributed by atoms with Crippen molar-refractivity contribution in [3.8, 4) is 0 Å². The zero-order chi connectivity index (χ0) is 11.8. The number of aromatic nitrogens is 2. The number of H-pyrrole nitrogens is 1. The maximum atomic E-state index is 11.6.